The summed E-state index contributed by atoms with van der Waals surface area (Å²) in [4.78, 5) is 32.6. The molecule has 0 aliphatic heterocycles. The summed E-state index contributed by atoms with van der Waals surface area (Å²) < 4.78 is 14.7. The summed E-state index contributed by atoms with van der Waals surface area (Å²) in [5, 5.41) is 3.24. The first kappa shape index (κ1) is 19.2. The Morgan fingerprint density at radius 3 is 2.78 bits per heavy atom. The van der Waals surface area contributed by atoms with Crippen LogP contribution in [0.4, 0.5) is 4.39 Å². The molecule has 0 bridgehead atoms. The number of nitrogens with zero attached hydrogens (tertiary/aromatic N) is 2. The van der Waals surface area contributed by atoms with Gasteiger partial charge in [-0.15, -0.1) is 0 Å². The molecule has 142 valence electrons. The quantitative estimate of drug-likeness (QED) is 0.370. The minimum Gasteiger partial charge on any atom is -0.355 e. The molecule has 0 aliphatic carbocycles. The van der Waals surface area contributed by atoms with Gasteiger partial charge in [-0.3, -0.25) is 14.2 Å². The molecule has 0 unspecified atom stereocenters. The van der Waals surface area contributed by atoms with Gasteiger partial charge in [0.05, 0.1) is 17.0 Å². The maximum Gasteiger partial charge on any atom is 0.283 e. The number of amides is 1. The molecule has 0 spiro atoms. The molecule has 27 heavy (non-hydrogen) atoms. The number of unbranched alkanes of at least 4 members (excludes halogenated alkanes) is 1. The number of H-pyrrole nitrogens is 1. The predicted octanol–water partition coefficient (Wildman–Crippen LogP) is 3.17. The average molecular weight is 388 g/mol. The van der Waals surface area contributed by atoms with E-state index < -0.39 is 0 Å². The van der Waals surface area contributed by atoms with Gasteiger partial charge in [-0.2, -0.15) is 0 Å². The van der Waals surface area contributed by atoms with E-state index in [1.54, 1.807) is 6.07 Å². The van der Waals surface area contributed by atoms with Crippen LogP contribution in [0.1, 0.15) is 25.5 Å². The first-order valence-electron chi connectivity index (χ1n) is 8.77. The maximum absolute atomic E-state index is 13.3. The number of carbonyl (C=O) groups excluding carboxylic acids is 1. The number of halogens is 1. The van der Waals surface area contributed by atoms with Crippen molar-refractivity contribution >= 4 is 28.7 Å². The highest BCUT2D eigenvalue weighted by molar-refractivity contribution is 7.99. The number of hydrogen-bond donors (Lipinski definition) is 2. The van der Waals surface area contributed by atoms with Gasteiger partial charge in [-0.05, 0) is 43.7 Å². The van der Waals surface area contributed by atoms with Gasteiger partial charge in [-0.25, -0.2) is 9.37 Å². The van der Waals surface area contributed by atoms with Crippen molar-refractivity contribution < 1.29 is 9.18 Å². The Morgan fingerprint density at radius 2 is 2.07 bits per heavy atom. The molecule has 1 aromatic carbocycles. The molecular formula is C19H21FN4O2S. The minimum atomic E-state index is -0.388. The van der Waals surface area contributed by atoms with Gasteiger partial charge >= 0.3 is 0 Å². The number of aromatic amines is 1. The number of aryl methyl sites for hydroxylation is 1. The number of aromatic nitrogens is 3. The first-order chi connectivity index (χ1) is 13.0. The van der Waals surface area contributed by atoms with Crippen LogP contribution in [0.3, 0.4) is 0 Å². The second-order valence-electron chi connectivity index (χ2n) is 6.22. The number of fused-ring (bicyclic) bond motifs is 1. The number of thioether (sulfide) groups is 1. The van der Waals surface area contributed by atoms with Crippen LogP contribution in [0, 0.1) is 12.7 Å². The highest BCUT2D eigenvalue weighted by Gasteiger charge is 2.16. The van der Waals surface area contributed by atoms with E-state index in [1.165, 1.54) is 40.6 Å². The van der Waals surface area contributed by atoms with Gasteiger partial charge in [0, 0.05) is 12.2 Å². The Morgan fingerprint density at radius 1 is 1.33 bits per heavy atom. The lowest BCUT2D eigenvalue weighted by Gasteiger charge is -2.12. The van der Waals surface area contributed by atoms with E-state index >= 15 is 0 Å². The summed E-state index contributed by atoms with van der Waals surface area (Å²) in [6.45, 7) is 4.53. The Balaban J connectivity index is 1.97. The monoisotopic (exact) mass is 388 g/mol. The third-order valence-electron chi connectivity index (χ3n) is 4.03. The van der Waals surface area contributed by atoms with Crippen molar-refractivity contribution in [3.05, 3.63) is 52.2 Å². The van der Waals surface area contributed by atoms with Crippen molar-refractivity contribution in [1.29, 1.82) is 0 Å². The zero-order valence-electron chi connectivity index (χ0n) is 15.2. The lowest BCUT2D eigenvalue weighted by molar-refractivity contribution is -0.118. The van der Waals surface area contributed by atoms with Gasteiger partial charge in [-0.1, -0.05) is 25.1 Å². The van der Waals surface area contributed by atoms with E-state index in [0.717, 1.165) is 18.5 Å². The standard InChI is InChI=1S/C19H21FN4O2S/c1-3-4-9-21-16(25)11-27-19-23-15-10-12(2)22-17(15)18(26)24(19)14-7-5-13(20)6-8-14/h5-8,10,22H,3-4,9,11H2,1-2H3,(H,21,25). The van der Waals surface area contributed by atoms with Crippen molar-refractivity contribution in [2.45, 2.75) is 31.8 Å². The van der Waals surface area contributed by atoms with Crippen LogP contribution >= 0.6 is 11.8 Å². The highest BCUT2D eigenvalue weighted by Crippen LogP contribution is 2.21. The summed E-state index contributed by atoms with van der Waals surface area (Å²) >= 11 is 1.18. The molecule has 3 aromatic rings. The van der Waals surface area contributed by atoms with Crippen LogP contribution in [0.25, 0.3) is 16.7 Å². The second kappa shape index (κ2) is 8.39. The fourth-order valence-corrected chi connectivity index (χ4v) is 3.52. The fourth-order valence-electron chi connectivity index (χ4n) is 2.68. The molecule has 6 nitrogen and oxygen atoms in total. The zero-order valence-corrected chi connectivity index (χ0v) is 16.0. The maximum atomic E-state index is 13.3. The van der Waals surface area contributed by atoms with Gasteiger partial charge in [0.1, 0.15) is 11.3 Å². The highest BCUT2D eigenvalue weighted by atomic mass is 32.2. The third-order valence-corrected chi connectivity index (χ3v) is 4.96. The summed E-state index contributed by atoms with van der Waals surface area (Å²) in [7, 11) is 0. The van der Waals surface area contributed by atoms with Gasteiger partial charge in [0.25, 0.3) is 5.56 Å². The molecule has 3 rings (SSSR count). The number of carbonyl (C=O) groups is 1. The molecule has 0 saturated heterocycles. The number of nitrogens with one attached hydrogen (secondary N) is 2. The first-order valence-corrected chi connectivity index (χ1v) is 9.76. The van der Waals surface area contributed by atoms with Crippen LogP contribution in [-0.4, -0.2) is 32.7 Å². The molecular weight excluding hydrogens is 367 g/mol. The number of hydrogen-bond acceptors (Lipinski definition) is 4. The van der Waals surface area contributed by atoms with E-state index in [2.05, 4.69) is 22.2 Å². The topological polar surface area (TPSA) is 79.8 Å². The fraction of sp³-hybridized carbons (Fsp3) is 0.316. The molecule has 8 heteroatoms. The molecule has 0 aliphatic rings. The molecule has 2 aromatic heterocycles. The SMILES string of the molecule is CCCCNC(=O)CSc1nc2cc(C)[nH]c2c(=O)n1-c1ccc(F)cc1. The van der Waals surface area contributed by atoms with E-state index in [9.17, 15) is 14.0 Å². The average Bonchev–Trinajstić information content (AvgIpc) is 3.02. The van der Waals surface area contributed by atoms with E-state index in [4.69, 9.17) is 0 Å². The normalized spacial score (nSPS) is 11.1. The lowest BCUT2D eigenvalue weighted by atomic mass is 10.3. The summed E-state index contributed by atoms with van der Waals surface area (Å²) in [5.41, 5.74) is 1.96. The van der Waals surface area contributed by atoms with Gasteiger partial charge in [0.2, 0.25) is 5.91 Å². The predicted molar refractivity (Wildman–Crippen MR) is 105 cm³/mol. The second-order valence-corrected chi connectivity index (χ2v) is 7.16. The molecule has 2 heterocycles. The largest absolute Gasteiger partial charge is 0.355 e. The van der Waals surface area contributed by atoms with Crippen LogP contribution in [0.2, 0.25) is 0 Å². The van der Waals surface area contributed by atoms with Crippen LogP contribution < -0.4 is 10.9 Å². The van der Waals surface area contributed by atoms with Crippen molar-refractivity contribution in [1.82, 2.24) is 19.9 Å². The third kappa shape index (κ3) is 4.39. The number of benzene rings is 1. The van der Waals surface area contributed by atoms with Gasteiger partial charge in [0.15, 0.2) is 5.16 Å². The van der Waals surface area contributed by atoms with Crippen LogP contribution in [0.5, 0.6) is 0 Å². The number of rotatable bonds is 7. The van der Waals surface area contributed by atoms with Crippen LogP contribution in [0.15, 0.2) is 40.3 Å². The molecule has 0 fully saturated rings. The molecule has 0 saturated carbocycles. The molecule has 1 amide bonds. The Kier molecular flexibility index (Phi) is 5.95. The molecule has 2 N–H and O–H groups in total. The summed E-state index contributed by atoms with van der Waals surface area (Å²) in [6, 6.07) is 7.41. The molecule has 0 radical (unpaired) electrons. The zero-order chi connectivity index (χ0) is 19.4. The minimum absolute atomic E-state index is 0.112. The van der Waals surface area contributed by atoms with Crippen molar-refractivity contribution in [3.63, 3.8) is 0 Å². The van der Waals surface area contributed by atoms with E-state index in [0.29, 0.717) is 28.4 Å². The lowest BCUT2D eigenvalue weighted by Crippen LogP contribution is -2.27. The van der Waals surface area contributed by atoms with Crippen molar-refractivity contribution in [2.24, 2.45) is 0 Å². The van der Waals surface area contributed by atoms with E-state index in [1.807, 2.05) is 6.92 Å². The smallest absolute Gasteiger partial charge is 0.283 e. The summed E-state index contributed by atoms with van der Waals surface area (Å²) in [5.74, 6) is -0.355. The summed E-state index contributed by atoms with van der Waals surface area (Å²) in [6.07, 6.45) is 1.92. The molecule has 0 atom stereocenters. The van der Waals surface area contributed by atoms with E-state index in [-0.39, 0.29) is 23.0 Å². The van der Waals surface area contributed by atoms with Crippen LogP contribution in [-0.2, 0) is 4.79 Å². The van der Waals surface area contributed by atoms with Crippen molar-refractivity contribution in [3.8, 4) is 5.69 Å². The Hall–Kier alpha value is -2.61. The Labute approximate surface area is 160 Å². The van der Waals surface area contributed by atoms with Gasteiger partial charge < -0.3 is 10.3 Å². The Bertz CT molecular complexity index is 1010. The van der Waals surface area contributed by atoms with Crippen molar-refractivity contribution in [2.75, 3.05) is 12.3 Å².